The molecule has 3 N–H and O–H groups in total. The highest BCUT2D eigenvalue weighted by atomic mass is 16.6. The number of alkyl carbamates (subject to hydrolysis) is 1. The molecule has 0 aliphatic carbocycles. The number of hydrogen-bond donors (Lipinski definition) is 3. The van der Waals surface area contributed by atoms with Crippen LogP contribution in [0.5, 0.6) is 0 Å². The summed E-state index contributed by atoms with van der Waals surface area (Å²) in [6, 6.07) is 0. The van der Waals surface area contributed by atoms with E-state index in [1.54, 1.807) is 0 Å². The Morgan fingerprint density at radius 3 is 2.20 bits per heavy atom. The third kappa shape index (κ3) is 6.54. The van der Waals surface area contributed by atoms with Gasteiger partial charge in [0.1, 0.15) is 6.61 Å². The van der Waals surface area contributed by atoms with E-state index in [0.717, 1.165) is 0 Å². The van der Waals surface area contributed by atoms with E-state index in [1.807, 2.05) is 0 Å². The lowest BCUT2D eigenvalue weighted by Gasteiger charge is -1.80. The normalized spacial score (nSPS) is 14.2. The summed E-state index contributed by atoms with van der Waals surface area (Å²) in [5.41, 5.74) is 0. The van der Waals surface area contributed by atoms with Gasteiger partial charge in [0.05, 0.1) is 6.54 Å². The summed E-state index contributed by atoms with van der Waals surface area (Å²) >= 11 is 0. The molecule has 0 radical (unpaired) electrons. The van der Waals surface area contributed by atoms with Crippen molar-refractivity contribution < 1.29 is 24.5 Å². The third-order valence-corrected chi connectivity index (χ3v) is 0.605. The fraction of sp³-hybridized carbons (Fsp3) is 0.500. The molecule has 0 spiro atoms. The molecule has 0 atom stereocenters. The molecular weight excluding hydrogens is 142 g/mol. The predicted octanol–water partition coefficient (Wildman–Crippen LogP) is -0.0514. The molecule has 1 aliphatic rings. The van der Waals surface area contributed by atoms with E-state index in [1.165, 1.54) is 0 Å². The molecule has 1 heterocycles. The van der Waals surface area contributed by atoms with Crippen molar-refractivity contribution in [2.24, 2.45) is 0 Å². The molecule has 1 saturated heterocycles. The third-order valence-electron chi connectivity index (χ3n) is 0.605. The maximum absolute atomic E-state index is 9.91. The van der Waals surface area contributed by atoms with E-state index in [9.17, 15) is 4.79 Å². The quantitative estimate of drug-likeness (QED) is 0.448. The van der Waals surface area contributed by atoms with Gasteiger partial charge in [-0.25, -0.2) is 9.59 Å². The molecule has 0 aromatic heterocycles. The summed E-state index contributed by atoms with van der Waals surface area (Å²) in [6.07, 6.45) is -2.13. The first-order valence-electron chi connectivity index (χ1n) is 2.45. The number of nitrogens with one attached hydrogen (secondary N) is 1. The SMILES string of the molecule is O=C(O)O.O=C1NCCO1. The fourth-order valence-electron chi connectivity index (χ4n) is 0.348. The Balaban J connectivity index is 0.000000180. The zero-order chi connectivity index (χ0) is 7.98. The molecular formula is C4H7NO5. The van der Waals surface area contributed by atoms with E-state index in [2.05, 4.69) is 10.1 Å². The van der Waals surface area contributed by atoms with Crippen LogP contribution in [0.4, 0.5) is 9.59 Å². The second-order valence-electron chi connectivity index (χ2n) is 1.35. The number of carboxylic acid groups (broad SMARTS) is 2. The summed E-state index contributed by atoms with van der Waals surface area (Å²) in [7, 11) is 0. The van der Waals surface area contributed by atoms with Crippen molar-refractivity contribution in [1.82, 2.24) is 5.32 Å². The molecule has 0 unspecified atom stereocenters. The highest BCUT2D eigenvalue weighted by Crippen LogP contribution is 1.82. The van der Waals surface area contributed by atoms with Crippen molar-refractivity contribution in [2.45, 2.75) is 0 Å². The molecule has 1 fully saturated rings. The Labute approximate surface area is 56.4 Å². The molecule has 1 aliphatic heterocycles. The first-order valence-corrected chi connectivity index (χ1v) is 2.45. The summed E-state index contributed by atoms with van der Waals surface area (Å²) in [6.45, 7) is 1.19. The largest absolute Gasteiger partial charge is 0.503 e. The van der Waals surface area contributed by atoms with Gasteiger partial charge in [-0.3, -0.25) is 0 Å². The van der Waals surface area contributed by atoms with Crippen LogP contribution in [0.25, 0.3) is 0 Å². The number of hydrogen-bond acceptors (Lipinski definition) is 3. The lowest BCUT2D eigenvalue weighted by molar-refractivity contribution is 0.137. The van der Waals surface area contributed by atoms with Crippen molar-refractivity contribution in [3.63, 3.8) is 0 Å². The maximum atomic E-state index is 9.91. The minimum absolute atomic E-state index is 0.296. The van der Waals surface area contributed by atoms with Gasteiger partial charge in [0.2, 0.25) is 0 Å². The van der Waals surface area contributed by atoms with Gasteiger partial charge in [-0.1, -0.05) is 0 Å². The average molecular weight is 149 g/mol. The molecule has 0 aromatic carbocycles. The predicted molar refractivity (Wildman–Crippen MR) is 30.0 cm³/mol. The van der Waals surface area contributed by atoms with Gasteiger partial charge in [0.15, 0.2) is 0 Å². The Bertz CT molecular complexity index is 122. The Kier molecular flexibility index (Phi) is 3.78. The standard InChI is InChI=1S/C3H5NO2.CH2O3/c5-3-4-1-2-6-3;2-1(3)4/h1-2H2,(H,4,5);(H2,2,3,4). The number of cyclic esters (lactones) is 1. The van der Waals surface area contributed by atoms with Gasteiger partial charge < -0.3 is 20.3 Å². The van der Waals surface area contributed by atoms with Crippen LogP contribution >= 0.6 is 0 Å². The van der Waals surface area contributed by atoms with Gasteiger partial charge >= 0.3 is 12.2 Å². The Morgan fingerprint density at radius 1 is 1.60 bits per heavy atom. The Hall–Kier alpha value is -1.46. The van der Waals surface area contributed by atoms with Crippen LogP contribution in [0.3, 0.4) is 0 Å². The minimum atomic E-state index is -1.83. The molecule has 0 saturated carbocycles. The minimum Gasteiger partial charge on any atom is -0.450 e. The van der Waals surface area contributed by atoms with Crippen LogP contribution in [-0.2, 0) is 4.74 Å². The van der Waals surface area contributed by atoms with E-state index >= 15 is 0 Å². The number of carbonyl (C=O) groups is 2. The van der Waals surface area contributed by atoms with Gasteiger partial charge in [0.25, 0.3) is 0 Å². The van der Waals surface area contributed by atoms with Gasteiger partial charge in [0, 0.05) is 0 Å². The first kappa shape index (κ1) is 8.54. The van der Waals surface area contributed by atoms with Crippen LogP contribution in [0.1, 0.15) is 0 Å². The van der Waals surface area contributed by atoms with E-state index in [-0.39, 0.29) is 6.09 Å². The van der Waals surface area contributed by atoms with Gasteiger partial charge in [-0.05, 0) is 0 Å². The van der Waals surface area contributed by atoms with Crippen LogP contribution in [0.2, 0.25) is 0 Å². The second-order valence-corrected chi connectivity index (χ2v) is 1.35. The number of carbonyl (C=O) groups excluding carboxylic acids is 1. The molecule has 0 bridgehead atoms. The zero-order valence-electron chi connectivity index (χ0n) is 5.03. The average Bonchev–Trinajstić information content (AvgIpc) is 2.15. The van der Waals surface area contributed by atoms with Crippen LogP contribution in [-0.4, -0.2) is 35.6 Å². The first-order chi connectivity index (χ1) is 4.63. The van der Waals surface area contributed by atoms with Crippen LogP contribution < -0.4 is 5.32 Å². The number of ether oxygens (including phenoxy) is 1. The van der Waals surface area contributed by atoms with Crippen molar-refractivity contribution in [3.8, 4) is 0 Å². The summed E-state index contributed by atoms with van der Waals surface area (Å²) in [5, 5.41) is 16.4. The van der Waals surface area contributed by atoms with E-state index < -0.39 is 6.16 Å². The van der Waals surface area contributed by atoms with Crippen molar-refractivity contribution in [1.29, 1.82) is 0 Å². The molecule has 6 heteroatoms. The second kappa shape index (κ2) is 4.42. The smallest absolute Gasteiger partial charge is 0.450 e. The van der Waals surface area contributed by atoms with Gasteiger partial charge in [-0.2, -0.15) is 0 Å². The molecule has 0 aromatic rings. The summed E-state index contributed by atoms with van der Waals surface area (Å²) in [4.78, 5) is 18.5. The van der Waals surface area contributed by atoms with E-state index in [0.29, 0.717) is 13.2 Å². The van der Waals surface area contributed by atoms with Crippen molar-refractivity contribution in [2.75, 3.05) is 13.2 Å². The monoisotopic (exact) mass is 149 g/mol. The van der Waals surface area contributed by atoms with E-state index in [4.69, 9.17) is 15.0 Å². The molecule has 1 rings (SSSR count). The number of rotatable bonds is 0. The summed E-state index contributed by atoms with van der Waals surface area (Å²) < 4.78 is 4.40. The van der Waals surface area contributed by atoms with Crippen LogP contribution in [0, 0.1) is 0 Å². The topological polar surface area (TPSA) is 95.9 Å². The number of amides is 1. The maximum Gasteiger partial charge on any atom is 0.503 e. The lowest BCUT2D eigenvalue weighted by atomic mass is 10.7. The Morgan fingerprint density at radius 2 is 2.10 bits per heavy atom. The molecule has 58 valence electrons. The lowest BCUT2D eigenvalue weighted by Crippen LogP contribution is -2.11. The highest BCUT2D eigenvalue weighted by molar-refractivity contribution is 5.68. The van der Waals surface area contributed by atoms with Crippen molar-refractivity contribution in [3.05, 3.63) is 0 Å². The highest BCUT2D eigenvalue weighted by Gasteiger charge is 2.06. The van der Waals surface area contributed by atoms with Gasteiger partial charge in [-0.15, -0.1) is 0 Å². The van der Waals surface area contributed by atoms with Crippen molar-refractivity contribution >= 4 is 12.2 Å². The zero-order valence-corrected chi connectivity index (χ0v) is 5.03. The molecule has 6 nitrogen and oxygen atoms in total. The summed E-state index contributed by atoms with van der Waals surface area (Å²) in [5.74, 6) is 0. The van der Waals surface area contributed by atoms with Crippen LogP contribution in [0.15, 0.2) is 0 Å². The fourth-order valence-corrected chi connectivity index (χ4v) is 0.348. The molecule has 10 heavy (non-hydrogen) atoms. The molecule has 1 amide bonds.